The number of alkyl carbamates (subject to hydrolysis) is 1. The SMILES string of the molecule is CCCNC(=O)CCC(NC(=O)OCc1ccccc1)C(=O)NC(CCC(C)=O)C(=O)O. The molecule has 0 aliphatic heterocycles. The van der Waals surface area contributed by atoms with Crippen LogP contribution in [-0.4, -0.2) is 53.4 Å². The molecule has 0 bridgehead atoms. The summed E-state index contributed by atoms with van der Waals surface area (Å²) < 4.78 is 5.12. The highest BCUT2D eigenvalue weighted by Crippen LogP contribution is 2.05. The molecule has 0 saturated heterocycles. The third kappa shape index (κ3) is 11.1. The zero-order chi connectivity index (χ0) is 23.9. The van der Waals surface area contributed by atoms with E-state index in [0.29, 0.717) is 6.54 Å². The number of nitrogens with one attached hydrogen (secondary N) is 3. The van der Waals surface area contributed by atoms with Crippen molar-refractivity contribution in [2.75, 3.05) is 6.54 Å². The molecule has 0 spiro atoms. The van der Waals surface area contributed by atoms with Crippen molar-refractivity contribution >= 4 is 29.7 Å². The van der Waals surface area contributed by atoms with Crippen LogP contribution in [0.25, 0.3) is 0 Å². The van der Waals surface area contributed by atoms with Crippen LogP contribution >= 0.6 is 0 Å². The average molecular weight is 450 g/mol. The van der Waals surface area contributed by atoms with E-state index in [4.69, 9.17) is 4.74 Å². The Morgan fingerprint density at radius 3 is 2.22 bits per heavy atom. The van der Waals surface area contributed by atoms with E-state index >= 15 is 0 Å². The Kier molecular flexibility index (Phi) is 12.1. The van der Waals surface area contributed by atoms with Gasteiger partial charge in [0.25, 0.3) is 0 Å². The Morgan fingerprint density at radius 2 is 1.62 bits per heavy atom. The smallest absolute Gasteiger partial charge is 0.408 e. The number of amides is 3. The summed E-state index contributed by atoms with van der Waals surface area (Å²) >= 11 is 0. The summed E-state index contributed by atoms with van der Waals surface area (Å²) in [6.45, 7) is 3.68. The lowest BCUT2D eigenvalue weighted by Crippen LogP contribution is -2.52. The van der Waals surface area contributed by atoms with Gasteiger partial charge in [-0.25, -0.2) is 9.59 Å². The monoisotopic (exact) mass is 449 g/mol. The molecule has 1 rings (SSSR count). The molecule has 2 unspecified atom stereocenters. The Labute approximate surface area is 187 Å². The zero-order valence-electron chi connectivity index (χ0n) is 18.4. The number of carboxylic acid groups (broad SMARTS) is 1. The average Bonchev–Trinajstić information content (AvgIpc) is 2.76. The van der Waals surface area contributed by atoms with Gasteiger partial charge in [0.2, 0.25) is 11.8 Å². The summed E-state index contributed by atoms with van der Waals surface area (Å²) in [4.78, 5) is 59.4. The quantitative estimate of drug-likeness (QED) is 0.336. The number of Topliss-reactive ketones (excluding diaryl/α,β-unsaturated/α-hetero) is 1. The van der Waals surface area contributed by atoms with Crippen LogP contribution in [0.1, 0.15) is 51.5 Å². The zero-order valence-corrected chi connectivity index (χ0v) is 18.4. The topological polar surface area (TPSA) is 151 Å². The Hall–Kier alpha value is -3.43. The van der Waals surface area contributed by atoms with Crippen molar-refractivity contribution < 1.29 is 33.8 Å². The largest absolute Gasteiger partial charge is 0.480 e. The molecule has 10 nitrogen and oxygen atoms in total. The first-order chi connectivity index (χ1) is 15.2. The van der Waals surface area contributed by atoms with E-state index in [2.05, 4.69) is 16.0 Å². The first-order valence-electron chi connectivity index (χ1n) is 10.5. The second-order valence-electron chi connectivity index (χ2n) is 7.29. The van der Waals surface area contributed by atoms with E-state index < -0.39 is 30.1 Å². The van der Waals surface area contributed by atoms with Crippen LogP contribution in [0.4, 0.5) is 4.79 Å². The normalized spacial score (nSPS) is 12.2. The lowest BCUT2D eigenvalue weighted by Gasteiger charge is -2.21. The molecule has 4 N–H and O–H groups in total. The first kappa shape index (κ1) is 26.6. The molecule has 32 heavy (non-hydrogen) atoms. The van der Waals surface area contributed by atoms with Gasteiger partial charge in [0.05, 0.1) is 0 Å². The van der Waals surface area contributed by atoms with Gasteiger partial charge in [-0.2, -0.15) is 0 Å². The minimum atomic E-state index is -1.30. The van der Waals surface area contributed by atoms with Gasteiger partial charge >= 0.3 is 12.1 Å². The Morgan fingerprint density at radius 1 is 0.969 bits per heavy atom. The van der Waals surface area contributed by atoms with E-state index in [1.54, 1.807) is 24.3 Å². The molecule has 0 aromatic heterocycles. The number of carbonyl (C=O) groups excluding carboxylic acids is 4. The van der Waals surface area contributed by atoms with Crippen LogP contribution in [0.5, 0.6) is 0 Å². The standard InChI is InChI=1S/C22H31N3O7/c1-3-13-23-19(27)12-11-17(20(28)24-18(21(29)30)10-9-15(2)26)25-22(31)32-14-16-7-5-4-6-8-16/h4-8,17-18H,3,9-14H2,1-2H3,(H,23,27)(H,24,28)(H,25,31)(H,29,30). The van der Waals surface area contributed by atoms with Crippen LogP contribution in [0.3, 0.4) is 0 Å². The van der Waals surface area contributed by atoms with Gasteiger partial charge in [-0.3, -0.25) is 9.59 Å². The molecule has 0 aliphatic carbocycles. The number of rotatable bonds is 14. The van der Waals surface area contributed by atoms with Crippen molar-refractivity contribution in [3.05, 3.63) is 35.9 Å². The molecule has 0 fully saturated rings. The molecular weight excluding hydrogens is 418 g/mol. The maximum atomic E-state index is 12.7. The van der Waals surface area contributed by atoms with E-state index in [0.717, 1.165) is 12.0 Å². The molecule has 1 aromatic rings. The second-order valence-corrected chi connectivity index (χ2v) is 7.29. The van der Waals surface area contributed by atoms with Gasteiger partial charge < -0.3 is 30.6 Å². The van der Waals surface area contributed by atoms with Crippen molar-refractivity contribution in [1.82, 2.24) is 16.0 Å². The van der Waals surface area contributed by atoms with Crippen molar-refractivity contribution in [2.45, 2.75) is 64.6 Å². The summed E-state index contributed by atoms with van der Waals surface area (Å²) in [5, 5.41) is 16.7. The minimum absolute atomic E-state index is 0.0195. The van der Waals surface area contributed by atoms with E-state index in [1.165, 1.54) is 6.92 Å². The number of carboxylic acids is 1. The van der Waals surface area contributed by atoms with E-state index in [-0.39, 0.29) is 44.0 Å². The van der Waals surface area contributed by atoms with Crippen molar-refractivity contribution in [1.29, 1.82) is 0 Å². The summed E-state index contributed by atoms with van der Waals surface area (Å²) in [6, 6.07) is 6.43. The molecule has 176 valence electrons. The highest BCUT2D eigenvalue weighted by molar-refractivity contribution is 5.90. The predicted octanol–water partition coefficient (Wildman–Crippen LogP) is 1.53. The molecule has 0 saturated carbocycles. The fourth-order valence-electron chi connectivity index (χ4n) is 2.68. The van der Waals surface area contributed by atoms with Gasteiger partial charge in [0.1, 0.15) is 24.5 Å². The summed E-state index contributed by atoms with van der Waals surface area (Å²) in [7, 11) is 0. The number of hydrogen-bond donors (Lipinski definition) is 4. The third-order valence-corrected chi connectivity index (χ3v) is 4.45. The van der Waals surface area contributed by atoms with Gasteiger partial charge in [0.15, 0.2) is 0 Å². The highest BCUT2D eigenvalue weighted by Gasteiger charge is 2.27. The van der Waals surface area contributed by atoms with Gasteiger partial charge in [-0.1, -0.05) is 37.3 Å². The third-order valence-electron chi connectivity index (χ3n) is 4.45. The summed E-state index contributed by atoms with van der Waals surface area (Å²) in [5.74, 6) is -2.58. The van der Waals surface area contributed by atoms with E-state index in [1.807, 2.05) is 13.0 Å². The molecule has 3 amide bonds. The van der Waals surface area contributed by atoms with Crippen molar-refractivity contribution in [3.63, 3.8) is 0 Å². The molecule has 1 aromatic carbocycles. The minimum Gasteiger partial charge on any atom is -0.480 e. The van der Waals surface area contributed by atoms with Crippen molar-refractivity contribution in [2.24, 2.45) is 0 Å². The predicted molar refractivity (Wildman–Crippen MR) is 116 cm³/mol. The molecule has 0 heterocycles. The number of ether oxygens (including phenoxy) is 1. The lowest BCUT2D eigenvalue weighted by atomic mass is 10.1. The fourth-order valence-corrected chi connectivity index (χ4v) is 2.68. The summed E-state index contributed by atoms with van der Waals surface area (Å²) in [6.07, 6.45) is -0.343. The molecule has 0 aliphatic rings. The van der Waals surface area contributed by atoms with Crippen LogP contribution in [0, 0.1) is 0 Å². The number of aliphatic carboxylic acids is 1. The van der Waals surface area contributed by atoms with Crippen LogP contribution in [0.15, 0.2) is 30.3 Å². The molecule has 10 heteroatoms. The van der Waals surface area contributed by atoms with Crippen LogP contribution in [0.2, 0.25) is 0 Å². The van der Waals surface area contributed by atoms with Crippen LogP contribution in [-0.2, 0) is 30.5 Å². The number of hydrogen-bond acceptors (Lipinski definition) is 6. The first-order valence-corrected chi connectivity index (χ1v) is 10.5. The van der Waals surface area contributed by atoms with Crippen molar-refractivity contribution in [3.8, 4) is 0 Å². The number of benzene rings is 1. The fraction of sp³-hybridized carbons (Fsp3) is 0.500. The lowest BCUT2D eigenvalue weighted by molar-refractivity contribution is -0.142. The maximum absolute atomic E-state index is 12.7. The summed E-state index contributed by atoms with van der Waals surface area (Å²) in [5.41, 5.74) is 0.748. The van der Waals surface area contributed by atoms with Gasteiger partial charge in [0, 0.05) is 19.4 Å². The number of carbonyl (C=O) groups is 5. The number of ketones is 1. The highest BCUT2D eigenvalue weighted by atomic mass is 16.5. The van der Waals surface area contributed by atoms with Gasteiger partial charge in [-0.05, 0) is 31.7 Å². The molecule has 0 radical (unpaired) electrons. The second kappa shape index (κ2) is 14.6. The van der Waals surface area contributed by atoms with Gasteiger partial charge in [-0.15, -0.1) is 0 Å². The Bertz CT molecular complexity index is 783. The Balaban J connectivity index is 2.76. The van der Waals surface area contributed by atoms with E-state index in [9.17, 15) is 29.1 Å². The molecular formula is C22H31N3O7. The van der Waals surface area contributed by atoms with Crippen LogP contribution < -0.4 is 16.0 Å². The maximum Gasteiger partial charge on any atom is 0.408 e. The molecule has 2 atom stereocenters.